The van der Waals surface area contributed by atoms with Crippen molar-refractivity contribution in [2.45, 2.75) is 25.8 Å². The highest BCUT2D eigenvalue weighted by Gasteiger charge is 2.31. The molecule has 4 nitrogen and oxygen atoms in total. The number of halogens is 3. The number of alkyl halides is 3. The molecule has 0 aromatic heterocycles. The maximum atomic E-state index is 12.7. The third-order valence-corrected chi connectivity index (χ3v) is 4.43. The first-order valence-corrected chi connectivity index (χ1v) is 9.71. The average molecular weight is 442 g/mol. The van der Waals surface area contributed by atoms with Crippen LogP contribution >= 0.6 is 0 Å². The molecule has 1 unspecified atom stereocenters. The van der Waals surface area contributed by atoms with Gasteiger partial charge in [-0.1, -0.05) is 54.6 Å². The zero-order valence-corrected chi connectivity index (χ0v) is 17.3. The Kier molecular flexibility index (Phi) is 7.20. The predicted octanol–water partition coefficient (Wildman–Crippen LogP) is 6.78. The van der Waals surface area contributed by atoms with Crippen LogP contribution in [-0.2, 0) is 16.1 Å². The Balaban J connectivity index is 1.65. The van der Waals surface area contributed by atoms with E-state index in [1.54, 1.807) is 31.2 Å². The van der Waals surface area contributed by atoms with Crippen molar-refractivity contribution in [3.8, 4) is 17.2 Å². The minimum absolute atomic E-state index is 0.00384. The van der Waals surface area contributed by atoms with Crippen LogP contribution in [-0.4, -0.2) is 12.3 Å². The maximum absolute atomic E-state index is 12.7. The van der Waals surface area contributed by atoms with Gasteiger partial charge in [0.2, 0.25) is 0 Å². The molecular weight excluding hydrogens is 421 g/mol. The van der Waals surface area contributed by atoms with Crippen LogP contribution < -0.4 is 9.47 Å². The summed E-state index contributed by atoms with van der Waals surface area (Å²) in [5.41, 5.74) is 1.68. The summed E-state index contributed by atoms with van der Waals surface area (Å²) >= 11 is 0. The monoisotopic (exact) mass is 442 g/mol. The van der Waals surface area contributed by atoms with E-state index in [1.165, 1.54) is 12.1 Å². The lowest BCUT2D eigenvalue weighted by molar-refractivity contribution is -0.274. The molecule has 0 aliphatic carbocycles. The Bertz CT molecular complexity index is 1060. The van der Waals surface area contributed by atoms with Crippen LogP contribution in [0.3, 0.4) is 0 Å². The van der Waals surface area contributed by atoms with Crippen molar-refractivity contribution < 1.29 is 32.2 Å². The van der Waals surface area contributed by atoms with Crippen LogP contribution in [0.25, 0.3) is 0 Å². The fraction of sp³-hybridized carbons (Fsp3) is 0.160. The SMILES string of the molecule is C=C(C)C(C(=O)OCc1cccc(Oc2ccccc2)c1)c1ccc(OC(F)(F)F)cc1. The molecule has 0 saturated carbocycles. The molecule has 0 amide bonds. The number of carbonyl (C=O) groups excluding carboxylic acids is 1. The number of benzene rings is 3. The first kappa shape index (κ1) is 22.9. The standard InChI is InChI=1S/C25H21F3O4/c1-17(2)23(19-11-13-21(14-12-19)32-25(26,27)28)24(29)30-16-18-7-6-10-22(15-18)31-20-8-4-3-5-9-20/h3-15,23H,1,16H2,2H3. The van der Waals surface area contributed by atoms with Gasteiger partial charge in [0, 0.05) is 0 Å². The number of hydrogen-bond donors (Lipinski definition) is 0. The lowest BCUT2D eigenvalue weighted by atomic mass is 9.93. The zero-order valence-electron chi connectivity index (χ0n) is 17.3. The second-order valence-electron chi connectivity index (χ2n) is 7.07. The molecule has 0 spiro atoms. The van der Waals surface area contributed by atoms with E-state index in [1.807, 2.05) is 30.3 Å². The molecule has 0 fully saturated rings. The molecule has 3 aromatic rings. The molecule has 0 aliphatic rings. The molecule has 0 bridgehead atoms. The summed E-state index contributed by atoms with van der Waals surface area (Å²) in [7, 11) is 0. The van der Waals surface area contributed by atoms with E-state index in [-0.39, 0.29) is 12.4 Å². The molecule has 7 heteroatoms. The van der Waals surface area contributed by atoms with Crippen LogP contribution in [0.5, 0.6) is 17.2 Å². The Labute approximate surface area is 183 Å². The van der Waals surface area contributed by atoms with Crippen LogP contribution in [0, 0.1) is 0 Å². The van der Waals surface area contributed by atoms with Gasteiger partial charge in [-0.15, -0.1) is 13.2 Å². The summed E-state index contributed by atoms with van der Waals surface area (Å²) in [6.07, 6.45) is -4.78. The zero-order chi connectivity index (χ0) is 23.1. The van der Waals surface area contributed by atoms with Gasteiger partial charge in [0.15, 0.2) is 0 Å². The average Bonchev–Trinajstić information content (AvgIpc) is 2.73. The number of esters is 1. The Morgan fingerprint density at radius 3 is 2.19 bits per heavy atom. The number of para-hydroxylation sites is 1. The molecule has 32 heavy (non-hydrogen) atoms. The lowest BCUT2D eigenvalue weighted by Crippen LogP contribution is -2.18. The summed E-state index contributed by atoms with van der Waals surface area (Å²) in [4.78, 5) is 12.7. The van der Waals surface area contributed by atoms with E-state index in [4.69, 9.17) is 9.47 Å². The summed E-state index contributed by atoms with van der Waals surface area (Å²) in [5, 5.41) is 0. The van der Waals surface area contributed by atoms with E-state index < -0.39 is 18.2 Å². The highest BCUT2D eigenvalue weighted by Crippen LogP contribution is 2.29. The van der Waals surface area contributed by atoms with Crippen LogP contribution in [0.15, 0.2) is 91.0 Å². The van der Waals surface area contributed by atoms with Crippen molar-refractivity contribution in [1.29, 1.82) is 0 Å². The molecule has 3 rings (SSSR count). The Hall–Kier alpha value is -3.74. The predicted molar refractivity (Wildman–Crippen MR) is 113 cm³/mol. The summed E-state index contributed by atoms with van der Waals surface area (Å²) in [6.45, 7) is 5.48. The Morgan fingerprint density at radius 1 is 0.906 bits per heavy atom. The third-order valence-electron chi connectivity index (χ3n) is 4.43. The van der Waals surface area contributed by atoms with Crippen LogP contribution in [0.1, 0.15) is 24.0 Å². The van der Waals surface area contributed by atoms with E-state index >= 15 is 0 Å². The van der Waals surface area contributed by atoms with Crippen LogP contribution in [0.4, 0.5) is 13.2 Å². The highest BCUT2D eigenvalue weighted by atomic mass is 19.4. The minimum atomic E-state index is -4.78. The van der Waals surface area contributed by atoms with Crippen molar-refractivity contribution >= 4 is 5.97 Å². The number of hydrogen-bond acceptors (Lipinski definition) is 4. The molecule has 3 aromatic carbocycles. The summed E-state index contributed by atoms with van der Waals surface area (Å²) in [5.74, 6) is -0.469. The van der Waals surface area contributed by atoms with Gasteiger partial charge in [-0.05, 0) is 54.4 Å². The molecular formula is C25H21F3O4. The van der Waals surface area contributed by atoms with Gasteiger partial charge in [0.25, 0.3) is 0 Å². The van der Waals surface area contributed by atoms with Gasteiger partial charge < -0.3 is 14.2 Å². The van der Waals surface area contributed by atoms with Gasteiger partial charge in [-0.3, -0.25) is 4.79 Å². The summed E-state index contributed by atoms with van der Waals surface area (Å²) < 4.78 is 52.2. The fourth-order valence-corrected chi connectivity index (χ4v) is 3.04. The van der Waals surface area contributed by atoms with E-state index in [2.05, 4.69) is 11.3 Å². The molecule has 166 valence electrons. The van der Waals surface area contributed by atoms with Gasteiger partial charge >= 0.3 is 12.3 Å². The van der Waals surface area contributed by atoms with Gasteiger partial charge in [0.05, 0.1) is 0 Å². The van der Waals surface area contributed by atoms with Gasteiger partial charge in [-0.2, -0.15) is 0 Å². The number of carbonyl (C=O) groups is 1. The number of rotatable bonds is 8. The van der Waals surface area contributed by atoms with Crippen molar-refractivity contribution in [3.63, 3.8) is 0 Å². The topological polar surface area (TPSA) is 44.8 Å². The second-order valence-corrected chi connectivity index (χ2v) is 7.07. The molecule has 0 saturated heterocycles. The third kappa shape index (κ3) is 6.63. The highest BCUT2D eigenvalue weighted by molar-refractivity contribution is 5.81. The van der Waals surface area contributed by atoms with Crippen molar-refractivity contribution in [2.24, 2.45) is 0 Å². The second kappa shape index (κ2) is 10.0. The lowest BCUT2D eigenvalue weighted by Gasteiger charge is -2.17. The first-order valence-electron chi connectivity index (χ1n) is 9.71. The molecule has 0 aliphatic heterocycles. The number of ether oxygens (including phenoxy) is 3. The van der Waals surface area contributed by atoms with Crippen molar-refractivity contribution in [2.75, 3.05) is 0 Å². The smallest absolute Gasteiger partial charge is 0.460 e. The van der Waals surface area contributed by atoms with Crippen molar-refractivity contribution in [3.05, 3.63) is 102 Å². The molecule has 0 N–H and O–H groups in total. The van der Waals surface area contributed by atoms with Crippen molar-refractivity contribution in [1.82, 2.24) is 0 Å². The normalized spacial score (nSPS) is 12.0. The van der Waals surface area contributed by atoms with Gasteiger partial charge in [0.1, 0.15) is 29.8 Å². The summed E-state index contributed by atoms with van der Waals surface area (Å²) in [6, 6.07) is 21.5. The maximum Gasteiger partial charge on any atom is 0.573 e. The van der Waals surface area contributed by atoms with Crippen LogP contribution in [0.2, 0.25) is 0 Å². The minimum Gasteiger partial charge on any atom is -0.460 e. The Morgan fingerprint density at radius 2 is 1.56 bits per heavy atom. The quantitative estimate of drug-likeness (QED) is 0.285. The molecule has 1 atom stereocenters. The van der Waals surface area contributed by atoms with E-state index in [0.717, 1.165) is 17.7 Å². The van der Waals surface area contributed by atoms with Gasteiger partial charge in [-0.25, -0.2) is 0 Å². The van der Waals surface area contributed by atoms with E-state index in [9.17, 15) is 18.0 Å². The first-order chi connectivity index (χ1) is 15.2. The van der Waals surface area contributed by atoms with E-state index in [0.29, 0.717) is 22.6 Å². The fourth-order valence-electron chi connectivity index (χ4n) is 3.04. The largest absolute Gasteiger partial charge is 0.573 e. The molecule has 0 heterocycles. The molecule has 0 radical (unpaired) electrons.